The highest BCUT2D eigenvalue weighted by molar-refractivity contribution is 5.90. The maximum atomic E-state index is 12.7. The zero-order valence-electron chi connectivity index (χ0n) is 16.5. The predicted octanol–water partition coefficient (Wildman–Crippen LogP) is 3.64. The van der Waals surface area contributed by atoms with Crippen molar-refractivity contribution in [3.63, 3.8) is 0 Å². The van der Waals surface area contributed by atoms with Crippen LogP contribution < -0.4 is 4.74 Å². The van der Waals surface area contributed by atoms with Gasteiger partial charge in [0.15, 0.2) is 0 Å². The summed E-state index contributed by atoms with van der Waals surface area (Å²) in [5.41, 5.74) is 1.85. The number of aromatic nitrogens is 3. The summed E-state index contributed by atoms with van der Waals surface area (Å²) in [5.74, 6) is 0.955. The van der Waals surface area contributed by atoms with Gasteiger partial charge in [-0.1, -0.05) is 65.9 Å². The van der Waals surface area contributed by atoms with Crippen LogP contribution in [0.1, 0.15) is 17.3 Å². The van der Waals surface area contributed by atoms with Crippen molar-refractivity contribution >= 4 is 16.7 Å². The summed E-state index contributed by atoms with van der Waals surface area (Å²) in [5, 5.41) is 10.7. The van der Waals surface area contributed by atoms with Gasteiger partial charge in [0.2, 0.25) is 5.91 Å². The Bertz CT molecular complexity index is 1160. The van der Waals surface area contributed by atoms with E-state index in [-0.39, 0.29) is 11.9 Å². The van der Waals surface area contributed by atoms with Gasteiger partial charge in [0, 0.05) is 13.1 Å². The smallest absolute Gasteiger partial charge is 0.227 e. The fourth-order valence-electron chi connectivity index (χ4n) is 3.78. The molecule has 4 aromatic rings. The summed E-state index contributed by atoms with van der Waals surface area (Å²) < 4.78 is 7.56. The first-order chi connectivity index (χ1) is 14.8. The molecule has 0 radical (unpaired) electrons. The van der Waals surface area contributed by atoms with Gasteiger partial charge < -0.3 is 9.64 Å². The minimum atomic E-state index is 0.148. The Hall–Kier alpha value is -3.67. The molecule has 3 aromatic carbocycles. The van der Waals surface area contributed by atoms with Gasteiger partial charge in [-0.15, -0.1) is 5.10 Å². The van der Waals surface area contributed by atoms with Crippen molar-refractivity contribution in [2.75, 3.05) is 13.1 Å². The van der Waals surface area contributed by atoms with E-state index in [4.69, 9.17) is 4.74 Å². The number of hydrogen-bond donors (Lipinski definition) is 0. The maximum Gasteiger partial charge on any atom is 0.227 e. The highest BCUT2D eigenvalue weighted by atomic mass is 16.5. The molecule has 0 N–H and O–H groups in total. The summed E-state index contributed by atoms with van der Waals surface area (Å²) in [4.78, 5) is 14.6. The Morgan fingerprint density at radius 2 is 1.73 bits per heavy atom. The van der Waals surface area contributed by atoms with E-state index in [0.717, 1.165) is 27.8 Å². The fraction of sp³-hybridized carbons (Fsp3) is 0.208. The van der Waals surface area contributed by atoms with Crippen LogP contribution in [0, 0.1) is 0 Å². The quantitative estimate of drug-likeness (QED) is 0.498. The molecule has 1 aromatic heterocycles. The second-order valence-electron chi connectivity index (χ2n) is 7.56. The molecule has 30 heavy (non-hydrogen) atoms. The molecular weight excluding hydrogens is 376 g/mol. The summed E-state index contributed by atoms with van der Waals surface area (Å²) in [7, 11) is 0. The number of fused-ring (bicyclic) bond motifs is 1. The van der Waals surface area contributed by atoms with Crippen LogP contribution in [-0.4, -0.2) is 38.9 Å². The maximum absolute atomic E-state index is 12.7. The number of carbonyl (C=O) groups is 1. The van der Waals surface area contributed by atoms with Crippen LogP contribution in [0.5, 0.6) is 5.75 Å². The van der Waals surface area contributed by atoms with Crippen LogP contribution in [-0.2, 0) is 17.8 Å². The summed E-state index contributed by atoms with van der Waals surface area (Å²) >= 11 is 0. The lowest BCUT2D eigenvalue weighted by Gasteiger charge is -2.39. The zero-order chi connectivity index (χ0) is 20.3. The third-order valence-corrected chi connectivity index (χ3v) is 5.50. The van der Waals surface area contributed by atoms with Crippen LogP contribution in [0.15, 0.2) is 79.0 Å². The summed E-state index contributed by atoms with van der Waals surface area (Å²) in [6, 6.07) is 24.1. The SMILES string of the molecule is O=C(Cc1cccc2ccccc12)N1CC(n2cc(COc3ccccc3)nn2)C1. The van der Waals surface area contributed by atoms with E-state index >= 15 is 0 Å². The molecule has 1 amide bonds. The number of hydrogen-bond acceptors (Lipinski definition) is 4. The van der Waals surface area contributed by atoms with Crippen LogP contribution >= 0.6 is 0 Å². The Labute approximate surface area is 174 Å². The van der Waals surface area contributed by atoms with Gasteiger partial charge >= 0.3 is 0 Å². The van der Waals surface area contributed by atoms with E-state index in [2.05, 4.69) is 28.5 Å². The van der Waals surface area contributed by atoms with E-state index in [1.165, 1.54) is 0 Å². The number of para-hydroxylation sites is 1. The molecular formula is C24H22N4O2. The Balaban J connectivity index is 1.16. The van der Waals surface area contributed by atoms with E-state index in [9.17, 15) is 4.79 Å². The molecule has 0 atom stereocenters. The molecule has 6 heteroatoms. The molecule has 0 unspecified atom stereocenters. The van der Waals surface area contributed by atoms with Crippen molar-refractivity contribution in [1.29, 1.82) is 0 Å². The minimum absolute atomic E-state index is 0.148. The topological polar surface area (TPSA) is 60.2 Å². The second kappa shape index (κ2) is 7.99. The van der Waals surface area contributed by atoms with Crippen molar-refractivity contribution in [3.8, 4) is 5.75 Å². The fourth-order valence-corrected chi connectivity index (χ4v) is 3.78. The van der Waals surface area contributed by atoms with E-state index < -0.39 is 0 Å². The Morgan fingerprint density at radius 3 is 2.60 bits per heavy atom. The average molecular weight is 398 g/mol. The molecule has 5 rings (SSSR count). The zero-order valence-corrected chi connectivity index (χ0v) is 16.5. The number of ether oxygens (including phenoxy) is 1. The summed E-state index contributed by atoms with van der Waals surface area (Å²) in [6.07, 6.45) is 2.32. The van der Waals surface area contributed by atoms with Crippen molar-refractivity contribution in [1.82, 2.24) is 19.9 Å². The van der Waals surface area contributed by atoms with Crippen LogP contribution in [0.2, 0.25) is 0 Å². The molecule has 0 bridgehead atoms. The van der Waals surface area contributed by atoms with Crippen LogP contribution in [0.4, 0.5) is 0 Å². The molecule has 0 saturated carbocycles. The third-order valence-electron chi connectivity index (χ3n) is 5.50. The standard InChI is InChI=1S/C24H22N4O2/c29-24(13-19-9-6-8-18-7-4-5-12-23(18)19)27-15-21(16-27)28-14-20(25-26-28)17-30-22-10-2-1-3-11-22/h1-12,14,21H,13,15-17H2. The predicted molar refractivity (Wildman–Crippen MR) is 114 cm³/mol. The highest BCUT2D eigenvalue weighted by Gasteiger charge is 2.32. The molecule has 1 aliphatic heterocycles. The number of rotatable bonds is 6. The number of nitrogens with zero attached hydrogens (tertiary/aromatic N) is 4. The second-order valence-corrected chi connectivity index (χ2v) is 7.56. The van der Waals surface area contributed by atoms with E-state index in [1.54, 1.807) is 0 Å². The lowest BCUT2D eigenvalue weighted by Crippen LogP contribution is -2.51. The van der Waals surface area contributed by atoms with Gasteiger partial charge in [-0.05, 0) is 28.5 Å². The Morgan fingerprint density at radius 1 is 0.967 bits per heavy atom. The van der Waals surface area contributed by atoms with Crippen molar-refractivity contribution in [3.05, 3.63) is 90.3 Å². The van der Waals surface area contributed by atoms with Crippen molar-refractivity contribution in [2.45, 2.75) is 19.1 Å². The number of benzene rings is 3. The monoisotopic (exact) mass is 398 g/mol. The number of carbonyl (C=O) groups excluding carboxylic acids is 1. The molecule has 150 valence electrons. The van der Waals surface area contributed by atoms with Gasteiger partial charge in [-0.2, -0.15) is 0 Å². The molecule has 0 spiro atoms. The van der Waals surface area contributed by atoms with Crippen molar-refractivity contribution in [2.24, 2.45) is 0 Å². The molecule has 1 fully saturated rings. The number of likely N-dealkylation sites (tertiary alicyclic amines) is 1. The first-order valence-electron chi connectivity index (χ1n) is 10.1. The third kappa shape index (κ3) is 3.76. The highest BCUT2D eigenvalue weighted by Crippen LogP contribution is 2.24. The van der Waals surface area contributed by atoms with Gasteiger partial charge in [0.25, 0.3) is 0 Å². The van der Waals surface area contributed by atoms with Gasteiger partial charge in [-0.3, -0.25) is 4.79 Å². The van der Waals surface area contributed by atoms with Gasteiger partial charge in [-0.25, -0.2) is 4.68 Å². The molecule has 0 aliphatic carbocycles. The number of amides is 1. The van der Waals surface area contributed by atoms with E-state index in [1.807, 2.05) is 70.4 Å². The van der Waals surface area contributed by atoms with Gasteiger partial charge in [0.1, 0.15) is 18.1 Å². The average Bonchev–Trinajstić information content (AvgIpc) is 3.21. The Kier molecular flexibility index (Phi) is 4.89. The molecule has 6 nitrogen and oxygen atoms in total. The first kappa shape index (κ1) is 18.4. The first-order valence-corrected chi connectivity index (χ1v) is 10.1. The normalized spacial score (nSPS) is 13.9. The van der Waals surface area contributed by atoms with Crippen LogP contribution in [0.3, 0.4) is 0 Å². The molecule has 1 saturated heterocycles. The van der Waals surface area contributed by atoms with Crippen LogP contribution in [0.25, 0.3) is 10.8 Å². The van der Waals surface area contributed by atoms with E-state index in [0.29, 0.717) is 26.1 Å². The minimum Gasteiger partial charge on any atom is -0.487 e. The largest absolute Gasteiger partial charge is 0.487 e. The van der Waals surface area contributed by atoms with Crippen molar-refractivity contribution < 1.29 is 9.53 Å². The molecule has 1 aliphatic rings. The van der Waals surface area contributed by atoms with Gasteiger partial charge in [0.05, 0.1) is 18.7 Å². The lowest BCUT2D eigenvalue weighted by molar-refractivity contribution is -0.136. The summed E-state index contributed by atoms with van der Waals surface area (Å²) in [6.45, 7) is 1.69. The molecule has 2 heterocycles. The lowest BCUT2D eigenvalue weighted by atomic mass is 10.0.